The third kappa shape index (κ3) is 4.11. The monoisotopic (exact) mass is 415 g/mol. The molecule has 3 nitrogen and oxygen atoms in total. The van der Waals surface area contributed by atoms with Gasteiger partial charge in [-0.2, -0.15) is 0 Å². The van der Waals surface area contributed by atoms with Crippen molar-refractivity contribution in [1.82, 2.24) is 4.98 Å². The van der Waals surface area contributed by atoms with E-state index >= 15 is 0 Å². The first-order chi connectivity index (χ1) is 14.6. The molecule has 0 amide bonds. The molecule has 0 radical (unpaired) electrons. The number of pyridine rings is 1. The van der Waals surface area contributed by atoms with Gasteiger partial charge < -0.3 is 5.11 Å². The number of allylic oxidation sites excluding steroid dienone is 3. The molecule has 0 fully saturated rings. The zero-order chi connectivity index (χ0) is 22.4. The molecule has 31 heavy (non-hydrogen) atoms. The lowest BCUT2D eigenvalue weighted by molar-refractivity contribution is -0.131. The van der Waals surface area contributed by atoms with E-state index in [2.05, 4.69) is 45.9 Å². The van der Waals surface area contributed by atoms with E-state index in [9.17, 15) is 4.79 Å². The van der Waals surface area contributed by atoms with Crippen molar-refractivity contribution in [1.29, 1.82) is 0 Å². The van der Waals surface area contributed by atoms with E-state index in [1.165, 1.54) is 46.8 Å². The van der Waals surface area contributed by atoms with Gasteiger partial charge in [0.25, 0.3) is 0 Å². The minimum absolute atomic E-state index is 0.202. The van der Waals surface area contributed by atoms with Gasteiger partial charge in [-0.15, -0.1) is 0 Å². The normalized spacial score (nSPS) is 20.0. The molecule has 0 saturated carbocycles. The van der Waals surface area contributed by atoms with Crippen LogP contribution in [0.1, 0.15) is 94.7 Å². The third-order valence-electron chi connectivity index (χ3n) is 7.29. The van der Waals surface area contributed by atoms with Crippen LogP contribution in [0.15, 0.2) is 42.6 Å². The standard InChI is InChI=1S/C28H33NO2/c1-18(15-26(30)31)20-10-12-25(29-17-20)22-8-6-7-21(22)19-9-11-23-24(16-19)28(4,5)14-13-27(23,2)3/h9-12,15-17H,6-8,13-14H2,1-5H3,(H,30,31)/b18-15-. The molecule has 2 aliphatic rings. The maximum Gasteiger partial charge on any atom is 0.328 e. The van der Waals surface area contributed by atoms with E-state index in [0.717, 1.165) is 30.5 Å². The molecule has 1 aromatic heterocycles. The number of benzene rings is 1. The highest BCUT2D eigenvalue weighted by Gasteiger charge is 2.37. The highest BCUT2D eigenvalue weighted by atomic mass is 16.4. The zero-order valence-electron chi connectivity index (χ0n) is 19.4. The zero-order valence-corrected chi connectivity index (χ0v) is 19.4. The lowest BCUT2D eigenvalue weighted by atomic mass is 9.63. The average molecular weight is 416 g/mol. The second-order valence-electron chi connectivity index (χ2n) is 10.4. The molecule has 0 aliphatic heterocycles. The number of aliphatic carboxylic acids is 1. The predicted octanol–water partition coefficient (Wildman–Crippen LogP) is 7.01. The number of aromatic nitrogens is 1. The average Bonchev–Trinajstić information content (AvgIpc) is 3.21. The van der Waals surface area contributed by atoms with Crippen molar-refractivity contribution < 1.29 is 9.90 Å². The number of hydrogen-bond acceptors (Lipinski definition) is 2. The largest absolute Gasteiger partial charge is 0.478 e. The van der Waals surface area contributed by atoms with Crippen LogP contribution in [0.4, 0.5) is 0 Å². The second-order valence-corrected chi connectivity index (χ2v) is 10.4. The van der Waals surface area contributed by atoms with Gasteiger partial charge in [0, 0.05) is 12.3 Å². The molecule has 2 aromatic rings. The molecule has 2 aliphatic carbocycles. The van der Waals surface area contributed by atoms with Crippen LogP contribution in [0.2, 0.25) is 0 Å². The molecule has 0 saturated heterocycles. The molecule has 0 atom stereocenters. The molecule has 1 aromatic carbocycles. The van der Waals surface area contributed by atoms with Gasteiger partial charge in [-0.25, -0.2) is 4.79 Å². The SMILES string of the molecule is C/C(=C/C(=O)O)c1ccc(C2=C(c3ccc4c(c3)C(C)(C)CCC4(C)C)CCC2)nc1. The smallest absolute Gasteiger partial charge is 0.328 e. The number of carboxylic acids is 1. The summed E-state index contributed by atoms with van der Waals surface area (Å²) in [6.45, 7) is 11.3. The van der Waals surface area contributed by atoms with Crippen LogP contribution in [-0.2, 0) is 15.6 Å². The number of carboxylic acid groups (broad SMARTS) is 1. The van der Waals surface area contributed by atoms with Gasteiger partial charge in [-0.05, 0) is 94.9 Å². The highest BCUT2D eigenvalue weighted by Crippen LogP contribution is 2.48. The van der Waals surface area contributed by atoms with E-state index < -0.39 is 5.97 Å². The van der Waals surface area contributed by atoms with Crippen molar-refractivity contribution in [3.63, 3.8) is 0 Å². The number of hydrogen-bond donors (Lipinski definition) is 1. The Hall–Kier alpha value is -2.68. The molecular weight excluding hydrogens is 382 g/mol. The van der Waals surface area contributed by atoms with E-state index in [0.29, 0.717) is 5.57 Å². The van der Waals surface area contributed by atoms with Gasteiger partial charge in [0.05, 0.1) is 5.69 Å². The van der Waals surface area contributed by atoms with Gasteiger partial charge in [0.2, 0.25) is 0 Å². The minimum atomic E-state index is -0.930. The Bertz CT molecular complexity index is 1080. The molecule has 162 valence electrons. The summed E-state index contributed by atoms with van der Waals surface area (Å²) in [4.78, 5) is 15.7. The Morgan fingerprint density at radius 3 is 2.29 bits per heavy atom. The number of carbonyl (C=O) groups is 1. The fraction of sp³-hybridized carbons (Fsp3) is 0.429. The van der Waals surface area contributed by atoms with Crippen LogP contribution in [0, 0.1) is 0 Å². The summed E-state index contributed by atoms with van der Waals surface area (Å²) in [7, 11) is 0. The molecule has 0 spiro atoms. The lowest BCUT2D eigenvalue weighted by Gasteiger charge is -2.42. The Labute approximate surface area is 185 Å². The molecule has 1 N–H and O–H groups in total. The van der Waals surface area contributed by atoms with Gasteiger partial charge in [0.1, 0.15) is 0 Å². The third-order valence-corrected chi connectivity index (χ3v) is 7.29. The van der Waals surface area contributed by atoms with Crippen molar-refractivity contribution in [2.45, 2.75) is 77.6 Å². The summed E-state index contributed by atoms with van der Waals surface area (Å²) >= 11 is 0. The second kappa shape index (κ2) is 7.78. The van der Waals surface area contributed by atoms with Crippen LogP contribution < -0.4 is 0 Å². The van der Waals surface area contributed by atoms with Crippen LogP contribution in [0.3, 0.4) is 0 Å². The fourth-order valence-electron chi connectivity index (χ4n) is 5.20. The van der Waals surface area contributed by atoms with Crippen molar-refractivity contribution in [2.24, 2.45) is 0 Å². The Morgan fingerprint density at radius 2 is 1.65 bits per heavy atom. The quantitative estimate of drug-likeness (QED) is 0.546. The van der Waals surface area contributed by atoms with Crippen molar-refractivity contribution >= 4 is 22.7 Å². The van der Waals surface area contributed by atoms with Crippen LogP contribution >= 0.6 is 0 Å². The lowest BCUT2D eigenvalue weighted by Crippen LogP contribution is -2.33. The summed E-state index contributed by atoms with van der Waals surface area (Å²) in [5, 5.41) is 8.98. The maximum absolute atomic E-state index is 10.9. The van der Waals surface area contributed by atoms with E-state index in [1.54, 1.807) is 13.1 Å². The molecule has 0 bridgehead atoms. The number of nitrogens with zero attached hydrogens (tertiary/aromatic N) is 1. The van der Waals surface area contributed by atoms with Crippen molar-refractivity contribution in [2.75, 3.05) is 0 Å². The fourth-order valence-corrected chi connectivity index (χ4v) is 5.20. The van der Waals surface area contributed by atoms with Gasteiger partial charge >= 0.3 is 5.97 Å². The Morgan fingerprint density at radius 1 is 0.968 bits per heavy atom. The van der Waals surface area contributed by atoms with E-state index in [1.807, 2.05) is 12.1 Å². The first kappa shape index (κ1) is 21.5. The Balaban J connectivity index is 1.74. The molecule has 0 unspecified atom stereocenters. The van der Waals surface area contributed by atoms with Crippen molar-refractivity contribution in [3.8, 4) is 0 Å². The topological polar surface area (TPSA) is 50.2 Å². The maximum atomic E-state index is 10.9. The molecular formula is C28H33NO2. The number of rotatable bonds is 4. The number of fused-ring (bicyclic) bond motifs is 1. The van der Waals surface area contributed by atoms with Crippen molar-refractivity contribution in [3.05, 3.63) is 70.6 Å². The predicted molar refractivity (Wildman–Crippen MR) is 128 cm³/mol. The van der Waals surface area contributed by atoms with E-state index in [4.69, 9.17) is 10.1 Å². The molecule has 4 rings (SSSR count). The minimum Gasteiger partial charge on any atom is -0.478 e. The van der Waals surface area contributed by atoms with Crippen LogP contribution in [0.25, 0.3) is 16.7 Å². The van der Waals surface area contributed by atoms with Crippen LogP contribution in [0.5, 0.6) is 0 Å². The van der Waals surface area contributed by atoms with Gasteiger partial charge in [-0.3, -0.25) is 4.98 Å². The summed E-state index contributed by atoms with van der Waals surface area (Å²) in [6.07, 6.45) is 8.74. The molecule has 1 heterocycles. The first-order valence-corrected chi connectivity index (χ1v) is 11.3. The van der Waals surface area contributed by atoms with E-state index in [-0.39, 0.29) is 10.8 Å². The summed E-state index contributed by atoms with van der Waals surface area (Å²) in [5.41, 5.74) is 10.1. The van der Waals surface area contributed by atoms with Crippen LogP contribution in [-0.4, -0.2) is 16.1 Å². The van der Waals surface area contributed by atoms with Gasteiger partial charge in [0.15, 0.2) is 0 Å². The molecule has 3 heteroatoms. The van der Waals surface area contributed by atoms with Gasteiger partial charge in [-0.1, -0.05) is 52.0 Å². The highest BCUT2D eigenvalue weighted by molar-refractivity contribution is 5.93. The Kier molecular flexibility index (Phi) is 5.41. The summed E-state index contributed by atoms with van der Waals surface area (Å²) < 4.78 is 0. The summed E-state index contributed by atoms with van der Waals surface area (Å²) in [6, 6.07) is 11.2. The first-order valence-electron chi connectivity index (χ1n) is 11.3. The summed E-state index contributed by atoms with van der Waals surface area (Å²) in [5.74, 6) is -0.930.